The van der Waals surface area contributed by atoms with Gasteiger partial charge in [0.1, 0.15) is 0 Å². The molecule has 2 rings (SSSR count). The van der Waals surface area contributed by atoms with Crippen molar-refractivity contribution in [1.29, 1.82) is 0 Å². The van der Waals surface area contributed by atoms with E-state index in [1.807, 2.05) is 0 Å². The third-order valence-electron chi connectivity index (χ3n) is 4.42. The maximum atomic E-state index is 5.88. The number of hydrogen-bond acceptors (Lipinski definition) is 3. The maximum Gasteiger partial charge on any atom is 0.0622 e. The van der Waals surface area contributed by atoms with E-state index >= 15 is 0 Å². The van der Waals surface area contributed by atoms with Crippen LogP contribution < -0.4 is 5.73 Å². The number of rotatable bonds is 4. The molecule has 2 N–H and O–H groups in total. The van der Waals surface area contributed by atoms with Gasteiger partial charge in [-0.15, -0.1) is 0 Å². The van der Waals surface area contributed by atoms with Crippen LogP contribution in [0.15, 0.2) is 0 Å². The maximum absolute atomic E-state index is 5.88. The zero-order chi connectivity index (χ0) is 11.4. The van der Waals surface area contributed by atoms with Crippen molar-refractivity contribution >= 4 is 0 Å². The van der Waals surface area contributed by atoms with Crippen molar-refractivity contribution in [2.24, 2.45) is 17.6 Å². The molecule has 1 saturated heterocycles. The molecule has 0 spiro atoms. The first-order chi connectivity index (χ1) is 7.81. The topological polar surface area (TPSA) is 38.5 Å². The van der Waals surface area contributed by atoms with E-state index in [0.717, 1.165) is 31.6 Å². The summed E-state index contributed by atoms with van der Waals surface area (Å²) in [6, 6.07) is 0.653. The van der Waals surface area contributed by atoms with E-state index in [1.54, 1.807) is 0 Å². The van der Waals surface area contributed by atoms with Crippen LogP contribution in [0.4, 0.5) is 0 Å². The molecule has 1 aliphatic heterocycles. The molecule has 0 bridgehead atoms. The second kappa shape index (κ2) is 5.99. The lowest BCUT2D eigenvalue weighted by molar-refractivity contribution is 0.122. The molecule has 3 unspecified atom stereocenters. The lowest BCUT2D eigenvalue weighted by Gasteiger charge is -2.35. The van der Waals surface area contributed by atoms with Crippen LogP contribution in [0.1, 0.15) is 32.1 Å². The zero-order valence-corrected chi connectivity index (χ0v) is 10.5. The van der Waals surface area contributed by atoms with E-state index in [2.05, 4.69) is 11.9 Å². The van der Waals surface area contributed by atoms with Crippen molar-refractivity contribution in [2.45, 2.75) is 38.1 Å². The smallest absolute Gasteiger partial charge is 0.0622 e. The summed E-state index contributed by atoms with van der Waals surface area (Å²) >= 11 is 0. The minimum atomic E-state index is 0.653. The molecule has 16 heavy (non-hydrogen) atoms. The Morgan fingerprint density at radius 2 is 1.94 bits per heavy atom. The molecule has 0 aromatic heterocycles. The van der Waals surface area contributed by atoms with Crippen LogP contribution >= 0.6 is 0 Å². The summed E-state index contributed by atoms with van der Waals surface area (Å²) in [4.78, 5) is 2.51. The molecular weight excluding hydrogens is 200 g/mol. The van der Waals surface area contributed by atoms with Crippen molar-refractivity contribution < 1.29 is 4.74 Å². The summed E-state index contributed by atoms with van der Waals surface area (Å²) < 4.78 is 5.45. The lowest BCUT2D eigenvalue weighted by atomic mass is 9.79. The molecule has 2 aliphatic rings. The predicted molar refractivity (Wildman–Crippen MR) is 66.4 cm³/mol. The molecule has 1 aliphatic carbocycles. The molecule has 3 heteroatoms. The fourth-order valence-electron chi connectivity index (χ4n) is 3.22. The summed E-state index contributed by atoms with van der Waals surface area (Å²) in [6.45, 7) is 3.96. The minimum absolute atomic E-state index is 0.653. The summed E-state index contributed by atoms with van der Waals surface area (Å²) in [6.07, 6.45) is 6.71. The Morgan fingerprint density at radius 1 is 1.19 bits per heavy atom. The van der Waals surface area contributed by atoms with E-state index in [0.29, 0.717) is 6.04 Å². The largest absolute Gasteiger partial charge is 0.380 e. The average molecular weight is 226 g/mol. The molecule has 2 fully saturated rings. The number of ether oxygens (including phenoxy) is 1. The Labute approximate surface area is 99.3 Å². The Kier molecular flexibility index (Phi) is 4.62. The number of hydrogen-bond donors (Lipinski definition) is 1. The van der Waals surface area contributed by atoms with Gasteiger partial charge in [0.25, 0.3) is 0 Å². The van der Waals surface area contributed by atoms with Gasteiger partial charge < -0.3 is 15.4 Å². The van der Waals surface area contributed by atoms with Crippen LogP contribution in [-0.4, -0.2) is 44.3 Å². The van der Waals surface area contributed by atoms with Gasteiger partial charge in [0.2, 0.25) is 0 Å². The van der Waals surface area contributed by atoms with E-state index in [4.69, 9.17) is 10.5 Å². The standard InChI is InChI=1S/C13H26N2O/c1-15(13-6-7-16-10-13)9-12-5-3-2-4-11(12)8-14/h11-13H,2-10,14H2,1H3. The highest BCUT2D eigenvalue weighted by Crippen LogP contribution is 2.30. The normalized spacial score (nSPS) is 35.8. The fourth-order valence-corrected chi connectivity index (χ4v) is 3.22. The first-order valence-corrected chi connectivity index (χ1v) is 6.79. The van der Waals surface area contributed by atoms with Gasteiger partial charge in [0, 0.05) is 19.2 Å². The highest BCUT2D eigenvalue weighted by Gasteiger charge is 2.28. The van der Waals surface area contributed by atoms with Gasteiger partial charge in [0.15, 0.2) is 0 Å². The molecule has 0 aromatic carbocycles. The first-order valence-electron chi connectivity index (χ1n) is 6.79. The van der Waals surface area contributed by atoms with Crippen LogP contribution in [-0.2, 0) is 4.74 Å². The van der Waals surface area contributed by atoms with E-state index < -0.39 is 0 Å². The third kappa shape index (κ3) is 2.96. The van der Waals surface area contributed by atoms with Crippen molar-refractivity contribution in [3.8, 4) is 0 Å². The van der Waals surface area contributed by atoms with Crippen LogP contribution in [0, 0.1) is 11.8 Å². The molecule has 3 nitrogen and oxygen atoms in total. The van der Waals surface area contributed by atoms with Crippen molar-refractivity contribution in [3.63, 3.8) is 0 Å². The highest BCUT2D eigenvalue weighted by molar-refractivity contribution is 4.81. The van der Waals surface area contributed by atoms with Crippen LogP contribution in [0.5, 0.6) is 0 Å². The van der Waals surface area contributed by atoms with Crippen LogP contribution in [0.25, 0.3) is 0 Å². The number of nitrogens with two attached hydrogens (primary N) is 1. The molecule has 1 saturated carbocycles. The number of likely N-dealkylation sites (N-methyl/N-ethyl adjacent to an activating group) is 1. The fraction of sp³-hybridized carbons (Fsp3) is 1.00. The van der Waals surface area contributed by atoms with Gasteiger partial charge in [-0.25, -0.2) is 0 Å². The van der Waals surface area contributed by atoms with Gasteiger partial charge in [-0.05, 0) is 44.7 Å². The molecular formula is C13H26N2O. The molecule has 0 aromatic rings. The number of nitrogens with zero attached hydrogens (tertiary/aromatic N) is 1. The highest BCUT2D eigenvalue weighted by atomic mass is 16.5. The molecule has 1 heterocycles. The van der Waals surface area contributed by atoms with Gasteiger partial charge in [-0.3, -0.25) is 0 Å². The summed E-state index contributed by atoms with van der Waals surface area (Å²) in [5.74, 6) is 1.59. The Bertz CT molecular complexity index is 204. The SMILES string of the molecule is CN(CC1CCCCC1CN)C1CCOC1. The second-order valence-corrected chi connectivity index (χ2v) is 5.50. The second-order valence-electron chi connectivity index (χ2n) is 5.50. The molecule has 0 amide bonds. The zero-order valence-electron chi connectivity index (χ0n) is 10.5. The lowest BCUT2D eigenvalue weighted by Crippen LogP contribution is -2.40. The molecule has 3 atom stereocenters. The van der Waals surface area contributed by atoms with Crippen molar-refractivity contribution in [1.82, 2.24) is 4.90 Å². The molecule has 94 valence electrons. The quantitative estimate of drug-likeness (QED) is 0.789. The molecule has 0 radical (unpaired) electrons. The van der Waals surface area contributed by atoms with Gasteiger partial charge in [0.05, 0.1) is 6.61 Å². The Hall–Kier alpha value is -0.120. The van der Waals surface area contributed by atoms with Gasteiger partial charge >= 0.3 is 0 Å². The summed E-state index contributed by atoms with van der Waals surface area (Å²) in [7, 11) is 2.25. The third-order valence-corrected chi connectivity index (χ3v) is 4.42. The van der Waals surface area contributed by atoms with Gasteiger partial charge in [-0.1, -0.05) is 12.8 Å². The summed E-state index contributed by atoms with van der Waals surface area (Å²) in [5.41, 5.74) is 5.88. The van der Waals surface area contributed by atoms with E-state index in [-0.39, 0.29) is 0 Å². The van der Waals surface area contributed by atoms with Crippen LogP contribution in [0.2, 0.25) is 0 Å². The summed E-state index contributed by atoms with van der Waals surface area (Å²) in [5, 5.41) is 0. The Balaban J connectivity index is 1.81. The first kappa shape index (κ1) is 12.3. The van der Waals surface area contributed by atoms with E-state index in [9.17, 15) is 0 Å². The monoisotopic (exact) mass is 226 g/mol. The van der Waals surface area contributed by atoms with E-state index in [1.165, 1.54) is 38.6 Å². The van der Waals surface area contributed by atoms with Crippen molar-refractivity contribution in [2.75, 3.05) is 33.4 Å². The average Bonchev–Trinajstić information content (AvgIpc) is 2.83. The predicted octanol–water partition coefficient (Wildman–Crippen LogP) is 1.47. The Morgan fingerprint density at radius 3 is 2.56 bits per heavy atom. The van der Waals surface area contributed by atoms with Crippen LogP contribution in [0.3, 0.4) is 0 Å². The minimum Gasteiger partial charge on any atom is -0.380 e. The van der Waals surface area contributed by atoms with Crippen molar-refractivity contribution in [3.05, 3.63) is 0 Å². The van der Waals surface area contributed by atoms with Gasteiger partial charge in [-0.2, -0.15) is 0 Å².